The van der Waals surface area contributed by atoms with Crippen LogP contribution in [0.4, 0.5) is 0 Å². The number of fused-ring (bicyclic) bond motifs is 1. The van der Waals surface area contributed by atoms with Crippen molar-refractivity contribution in [1.82, 2.24) is 10.0 Å². The second-order valence-corrected chi connectivity index (χ2v) is 8.87. The zero-order valence-electron chi connectivity index (χ0n) is 17.7. The molecule has 1 aliphatic heterocycles. The zero-order chi connectivity index (χ0) is 22.3. The third-order valence-corrected chi connectivity index (χ3v) is 6.18. The van der Waals surface area contributed by atoms with Crippen LogP contribution in [0, 0.1) is 0 Å². The van der Waals surface area contributed by atoms with E-state index in [4.69, 9.17) is 14.2 Å². The summed E-state index contributed by atoms with van der Waals surface area (Å²) >= 11 is 0. The second kappa shape index (κ2) is 10.5. The van der Waals surface area contributed by atoms with Gasteiger partial charge in [-0.3, -0.25) is 4.79 Å². The van der Waals surface area contributed by atoms with Crippen molar-refractivity contribution in [2.75, 3.05) is 26.4 Å². The van der Waals surface area contributed by atoms with Crippen LogP contribution in [0.1, 0.15) is 38.3 Å². The number of hydrogen-bond acceptors (Lipinski definition) is 6. The first-order valence-corrected chi connectivity index (χ1v) is 11.8. The van der Waals surface area contributed by atoms with E-state index in [-0.39, 0.29) is 29.8 Å². The van der Waals surface area contributed by atoms with Crippen molar-refractivity contribution in [2.24, 2.45) is 0 Å². The van der Waals surface area contributed by atoms with E-state index in [0.717, 1.165) is 17.7 Å². The SMILES string of the molecule is CCOc1cccc(C(C)NC(=O)CCNS(=O)(=O)c2ccc3c(c2)OCCCO3)c1. The Labute approximate surface area is 182 Å². The molecule has 0 aliphatic carbocycles. The van der Waals surface area contributed by atoms with Crippen LogP contribution in [0.15, 0.2) is 47.4 Å². The summed E-state index contributed by atoms with van der Waals surface area (Å²) in [5, 5.41) is 2.87. The van der Waals surface area contributed by atoms with E-state index in [1.54, 1.807) is 6.07 Å². The Balaban J connectivity index is 1.52. The van der Waals surface area contributed by atoms with Crippen LogP contribution in [0.5, 0.6) is 17.2 Å². The Bertz CT molecular complexity index is 1010. The van der Waals surface area contributed by atoms with Crippen molar-refractivity contribution >= 4 is 15.9 Å². The normalized spacial score (nSPS) is 14.4. The number of carbonyl (C=O) groups excluding carboxylic acids is 1. The lowest BCUT2D eigenvalue weighted by Gasteiger charge is -2.16. The summed E-state index contributed by atoms with van der Waals surface area (Å²) in [7, 11) is -3.78. The molecule has 168 valence electrons. The maximum atomic E-state index is 12.6. The number of rotatable bonds is 9. The number of ether oxygens (including phenoxy) is 3. The molecule has 3 rings (SSSR count). The third-order valence-electron chi connectivity index (χ3n) is 4.72. The van der Waals surface area contributed by atoms with Crippen LogP contribution < -0.4 is 24.2 Å². The van der Waals surface area contributed by atoms with Crippen molar-refractivity contribution in [1.29, 1.82) is 0 Å². The topological polar surface area (TPSA) is 103 Å². The van der Waals surface area contributed by atoms with Crippen molar-refractivity contribution in [3.63, 3.8) is 0 Å². The fourth-order valence-corrected chi connectivity index (χ4v) is 4.18. The number of sulfonamides is 1. The summed E-state index contributed by atoms with van der Waals surface area (Å²) in [5.74, 6) is 1.42. The molecule has 2 aromatic rings. The largest absolute Gasteiger partial charge is 0.494 e. The minimum absolute atomic E-state index is 0.0132. The van der Waals surface area contributed by atoms with Gasteiger partial charge in [-0.2, -0.15) is 0 Å². The predicted octanol–water partition coefficient (Wildman–Crippen LogP) is 2.79. The van der Waals surface area contributed by atoms with Gasteiger partial charge >= 0.3 is 0 Å². The van der Waals surface area contributed by atoms with E-state index in [1.807, 2.05) is 38.1 Å². The van der Waals surface area contributed by atoms with Gasteiger partial charge in [0.2, 0.25) is 15.9 Å². The van der Waals surface area contributed by atoms with Crippen molar-refractivity contribution in [3.8, 4) is 17.2 Å². The molecule has 1 amide bonds. The first kappa shape index (κ1) is 22.9. The van der Waals surface area contributed by atoms with Crippen LogP contribution in [0.3, 0.4) is 0 Å². The lowest BCUT2D eigenvalue weighted by atomic mass is 10.1. The molecule has 1 aliphatic rings. The van der Waals surface area contributed by atoms with E-state index < -0.39 is 10.0 Å². The highest BCUT2D eigenvalue weighted by Gasteiger charge is 2.19. The standard InChI is InChI=1S/C22H28N2O6S/c1-3-28-18-7-4-6-17(14-18)16(2)24-22(25)10-11-23-31(26,27)19-8-9-20-21(15-19)30-13-5-12-29-20/h4,6-9,14-16,23H,3,5,10-13H2,1-2H3,(H,24,25). The van der Waals surface area contributed by atoms with Gasteiger partial charge in [-0.1, -0.05) is 12.1 Å². The summed E-state index contributed by atoms with van der Waals surface area (Å²) in [4.78, 5) is 12.3. The predicted molar refractivity (Wildman–Crippen MR) is 116 cm³/mol. The van der Waals surface area contributed by atoms with E-state index in [0.29, 0.717) is 31.3 Å². The number of amides is 1. The van der Waals surface area contributed by atoms with Crippen LogP contribution >= 0.6 is 0 Å². The number of nitrogens with one attached hydrogen (secondary N) is 2. The molecular weight excluding hydrogens is 420 g/mol. The molecule has 0 saturated heterocycles. The Morgan fingerprint density at radius 3 is 2.68 bits per heavy atom. The average Bonchev–Trinajstić information content (AvgIpc) is 2.99. The van der Waals surface area contributed by atoms with Gasteiger partial charge in [0, 0.05) is 25.5 Å². The molecule has 0 spiro atoms. The highest BCUT2D eigenvalue weighted by molar-refractivity contribution is 7.89. The molecule has 2 aromatic carbocycles. The molecule has 1 heterocycles. The fraction of sp³-hybridized carbons (Fsp3) is 0.409. The zero-order valence-corrected chi connectivity index (χ0v) is 18.5. The number of carbonyl (C=O) groups is 1. The van der Waals surface area contributed by atoms with Gasteiger partial charge in [-0.25, -0.2) is 13.1 Å². The minimum atomic E-state index is -3.78. The van der Waals surface area contributed by atoms with Crippen LogP contribution in [-0.2, 0) is 14.8 Å². The third kappa shape index (κ3) is 6.35. The van der Waals surface area contributed by atoms with Gasteiger partial charge in [0.1, 0.15) is 5.75 Å². The first-order chi connectivity index (χ1) is 14.9. The van der Waals surface area contributed by atoms with E-state index in [1.165, 1.54) is 12.1 Å². The van der Waals surface area contributed by atoms with Crippen molar-refractivity contribution in [3.05, 3.63) is 48.0 Å². The smallest absolute Gasteiger partial charge is 0.240 e. The van der Waals surface area contributed by atoms with Gasteiger partial charge in [-0.05, 0) is 43.7 Å². The fourth-order valence-electron chi connectivity index (χ4n) is 3.13. The molecular formula is C22H28N2O6S. The lowest BCUT2D eigenvalue weighted by Crippen LogP contribution is -2.32. The van der Waals surface area contributed by atoms with E-state index in [2.05, 4.69) is 10.0 Å². The van der Waals surface area contributed by atoms with Crippen LogP contribution in [0.25, 0.3) is 0 Å². The molecule has 1 unspecified atom stereocenters. The maximum absolute atomic E-state index is 12.6. The van der Waals surface area contributed by atoms with E-state index >= 15 is 0 Å². The minimum Gasteiger partial charge on any atom is -0.494 e. The number of benzene rings is 2. The molecule has 0 bridgehead atoms. The van der Waals surface area contributed by atoms with Gasteiger partial charge < -0.3 is 19.5 Å². The summed E-state index contributed by atoms with van der Waals surface area (Å²) in [6.07, 6.45) is 0.748. The second-order valence-electron chi connectivity index (χ2n) is 7.10. The summed E-state index contributed by atoms with van der Waals surface area (Å²) in [6, 6.07) is 11.8. The highest BCUT2D eigenvalue weighted by Crippen LogP contribution is 2.31. The Morgan fingerprint density at radius 2 is 1.90 bits per heavy atom. The van der Waals surface area contributed by atoms with Gasteiger partial charge in [-0.15, -0.1) is 0 Å². The summed E-state index contributed by atoms with van der Waals surface area (Å²) in [6.45, 7) is 5.31. The van der Waals surface area contributed by atoms with Gasteiger partial charge in [0.25, 0.3) is 0 Å². The molecule has 1 atom stereocenters. The van der Waals surface area contributed by atoms with Crippen molar-refractivity contribution < 1.29 is 27.4 Å². The van der Waals surface area contributed by atoms with Crippen LogP contribution in [0.2, 0.25) is 0 Å². The Morgan fingerprint density at radius 1 is 1.13 bits per heavy atom. The maximum Gasteiger partial charge on any atom is 0.240 e. The highest BCUT2D eigenvalue weighted by atomic mass is 32.2. The number of hydrogen-bond donors (Lipinski definition) is 2. The first-order valence-electron chi connectivity index (χ1n) is 10.3. The van der Waals surface area contributed by atoms with Crippen LogP contribution in [-0.4, -0.2) is 40.7 Å². The molecule has 8 nitrogen and oxygen atoms in total. The Hall–Kier alpha value is -2.78. The summed E-state index contributed by atoms with van der Waals surface area (Å²) in [5.41, 5.74) is 0.909. The molecule has 31 heavy (non-hydrogen) atoms. The molecule has 0 radical (unpaired) electrons. The monoisotopic (exact) mass is 448 g/mol. The van der Waals surface area contributed by atoms with Gasteiger partial charge in [0.15, 0.2) is 11.5 Å². The molecule has 0 aromatic heterocycles. The molecule has 9 heteroatoms. The summed E-state index contributed by atoms with van der Waals surface area (Å²) < 4.78 is 44.2. The van der Waals surface area contributed by atoms with Crippen molar-refractivity contribution in [2.45, 2.75) is 37.6 Å². The quantitative estimate of drug-likeness (QED) is 0.612. The molecule has 0 fully saturated rings. The average molecular weight is 449 g/mol. The van der Waals surface area contributed by atoms with Gasteiger partial charge in [0.05, 0.1) is 30.8 Å². The molecule has 0 saturated carbocycles. The van der Waals surface area contributed by atoms with E-state index in [9.17, 15) is 13.2 Å². The molecule has 2 N–H and O–H groups in total. The Kier molecular flexibility index (Phi) is 7.75. The lowest BCUT2D eigenvalue weighted by molar-refractivity contribution is -0.121.